The summed E-state index contributed by atoms with van der Waals surface area (Å²) < 4.78 is 0.199. The highest BCUT2D eigenvalue weighted by atomic mass is 79.9. The highest BCUT2D eigenvalue weighted by Gasteiger charge is 2.32. The van der Waals surface area contributed by atoms with Crippen LogP contribution in [-0.4, -0.2) is 30.3 Å². The predicted octanol–water partition coefficient (Wildman–Crippen LogP) is 3.37. The van der Waals surface area contributed by atoms with Crippen LogP contribution >= 0.6 is 27.3 Å². The molecular formula is C16H16BrN2O2S+. The van der Waals surface area contributed by atoms with Crippen molar-refractivity contribution in [3.05, 3.63) is 68.5 Å². The van der Waals surface area contributed by atoms with Crippen molar-refractivity contribution in [1.29, 1.82) is 0 Å². The SMILES string of the molecule is C[N+](C)(N)C(Br)=C(C(=O)c1ccccc1)C(=O)c1cccs1. The minimum atomic E-state index is -0.345. The zero-order valence-corrected chi connectivity index (χ0v) is 14.6. The first-order valence-corrected chi connectivity index (χ1v) is 8.20. The van der Waals surface area contributed by atoms with Gasteiger partial charge in [0.05, 0.1) is 19.0 Å². The number of carbonyl (C=O) groups is 2. The molecule has 0 aliphatic heterocycles. The lowest BCUT2D eigenvalue weighted by molar-refractivity contribution is -0.855. The molecule has 0 unspecified atom stereocenters. The second-order valence-corrected chi connectivity index (χ2v) is 6.91. The lowest BCUT2D eigenvalue weighted by Gasteiger charge is -2.22. The van der Waals surface area contributed by atoms with Gasteiger partial charge in [-0.15, -0.1) is 11.3 Å². The Morgan fingerprint density at radius 2 is 1.68 bits per heavy atom. The second-order valence-electron chi connectivity index (χ2n) is 5.21. The lowest BCUT2D eigenvalue weighted by atomic mass is 10.00. The van der Waals surface area contributed by atoms with E-state index >= 15 is 0 Å². The van der Waals surface area contributed by atoms with Crippen LogP contribution in [0.4, 0.5) is 0 Å². The lowest BCUT2D eigenvalue weighted by Crippen LogP contribution is -2.45. The maximum absolute atomic E-state index is 12.8. The number of ketones is 2. The number of nitrogens with zero attached hydrogens (tertiary/aromatic N) is 1. The number of Topliss-reactive ketones (excluding diaryl/α,β-unsaturated/α-hetero) is 2. The van der Waals surface area contributed by atoms with E-state index in [-0.39, 0.29) is 21.7 Å². The van der Waals surface area contributed by atoms with E-state index < -0.39 is 0 Å². The molecule has 0 aliphatic rings. The zero-order chi connectivity index (χ0) is 16.3. The molecule has 0 radical (unpaired) electrons. The van der Waals surface area contributed by atoms with Crippen molar-refractivity contribution in [1.82, 2.24) is 0 Å². The van der Waals surface area contributed by atoms with E-state index in [1.807, 2.05) is 6.07 Å². The molecule has 0 bridgehead atoms. The van der Waals surface area contributed by atoms with E-state index in [2.05, 4.69) is 15.9 Å². The summed E-state index contributed by atoms with van der Waals surface area (Å²) in [5.74, 6) is 5.35. The van der Waals surface area contributed by atoms with Crippen LogP contribution in [-0.2, 0) is 0 Å². The molecule has 22 heavy (non-hydrogen) atoms. The Morgan fingerprint density at radius 1 is 1.05 bits per heavy atom. The van der Waals surface area contributed by atoms with Crippen LogP contribution in [0.5, 0.6) is 0 Å². The Morgan fingerprint density at radius 3 is 2.18 bits per heavy atom. The van der Waals surface area contributed by atoms with Crippen LogP contribution in [0.1, 0.15) is 20.0 Å². The van der Waals surface area contributed by atoms with Crippen molar-refractivity contribution in [2.45, 2.75) is 0 Å². The molecular weight excluding hydrogens is 364 g/mol. The molecule has 0 saturated heterocycles. The van der Waals surface area contributed by atoms with Gasteiger partial charge in [0.1, 0.15) is 5.57 Å². The van der Waals surface area contributed by atoms with Gasteiger partial charge in [-0.05, 0) is 11.4 Å². The Balaban J connectivity index is 2.57. The molecule has 0 spiro atoms. The standard InChI is InChI=1S/C16H16BrN2O2S/c1-19(2,18)16(17)13(15(21)12-9-6-10-22-12)14(20)11-7-4-3-5-8-11/h3-10H,18H2,1-2H3/q+1. The van der Waals surface area contributed by atoms with E-state index in [1.165, 1.54) is 11.3 Å². The van der Waals surface area contributed by atoms with Gasteiger partial charge in [-0.2, -0.15) is 5.84 Å². The van der Waals surface area contributed by atoms with E-state index in [0.29, 0.717) is 15.0 Å². The van der Waals surface area contributed by atoms with Crippen LogP contribution in [0.2, 0.25) is 0 Å². The molecule has 0 atom stereocenters. The number of thiophene rings is 1. The monoisotopic (exact) mass is 379 g/mol. The van der Waals surface area contributed by atoms with Gasteiger partial charge in [0.25, 0.3) is 0 Å². The van der Waals surface area contributed by atoms with Gasteiger partial charge < -0.3 is 0 Å². The molecule has 1 aromatic carbocycles. The highest BCUT2D eigenvalue weighted by molar-refractivity contribution is 9.11. The largest absolute Gasteiger partial charge is 0.288 e. The second kappa shape index (κ2) is 6.66. The van der Waals surface area contributed by atoms with Gasteiger partial charge in [0.15, 0.2) is 0 Å². The average Bonchev–Trinajstić information content (AvgIpc) is 3.01. The third-order valence-electron chi connectivity index (χ3n) is 2.95. The number of halogens is 1. The van der Waals surface area contributed by atoms with E-state index in [9.17, 15) is 9.59 Å². The van der Waals surface area contributed by atoms with Crippen LogP contribution in [0, 0.1) is 0 Å². The van der Waals surface area contributed by atoms with Crippen molar-refractivity contribution < 1.29 is 14.2 Å². The van der Waals surface area contributed by atoms with Crippen molar-refractivity contribution in [2.24, 2.45) is 5.84 Å². The minimum absolute atomic E-state index is 0.0566. The van der Waals surface area contributed by atoms with Crippen LogP contribution in [0.25, 0.3) is 0 Å². The number of benzene rings is 1. The molecule has 1 aromatic heterocycles. The molecule has 0 saturated carbocycles. The average molecular weight is 380 g/mol. The van der Waals surface area contributed by atoms with Crippen LogP contribution < -0.4 is 5.84 Å². The van der Waals surface area contributed by atoms with Crippen LogP contribution in [0.3, 0.4) is 0 Å². The van der Waals surface area contributed by atoms with Gasteiger partial charge >= 0.3 is 0 Å². The Hall–Kier alpha value is -1.60. The van der Waals surface area contributed by atoms with E-state index in [1.54, 1.807) is 55.9 Å². The Bertz CT molecular complexity index is 716. The third kappa shape index (κ3) is 3.59. The van der Waals surface area contributed by atoms with Gasteiger partial charge in [0, 0.05) is 21.5 Å². The normalized spacial score (nSPS) is 12.7. The first-order chi connectivity index (χ1) is 10.3. The molecule has 2 rings (SSSR count). The van der Waals surface area contributed by atoms with Gasteiger partial charge in [-0.1, -0.05) is 36.4 Å². The molecule has 6 heteroatoms. The number of rotatable bonds is 5. The molecule has 0 aliphatic carbocycles. The summed E-state index contributed by atoms with van der Waals surface area (Å²) in [6.07, 6.45) is 0. The first-order valence-electron chi connectivity index (χ1n) is 6.53. The van der Waals surface area contributed by atoms with Crippen molar-refractivity contribution in [3.63, 3.8) is 0 Å². The number of hydrogen-bond acceptors (Lipinski definition) is 4. The fourth-order valence-electron chi connectivity index (χ4n) is 1.84. The Labute approximate surface area is 141 Å². The molecule has 0 amide bonds. The van der Waals surface area contributed by atoms with Gasteiger partial charge in [0.2, 0.25) is 16.2 Å². The van der Waals surface area contributed by atoms with E-state index in [0.717, 1.165) is 0 Å². The summed E-state index contributed by atoms with van der Waals surface area (Å²) in [7, 11) is 3.37. The summed E-state index contributed by atoms with van der Waals surface area (Å²) in [5.41, 5.74) is 0.508. The molecule has 4 nitrogen and oxygen atoms in total. The fraction of sp³-hybridized carbons (Fsp3) is 0.125. The van der Waals surface area contributed by atoms with Crippen molar-refractivity contribution >= 4 is 38.8 Å². The maximum Gasteiger partial charge on any atom is 0.213 e. The summed E-state index contributed by atoms with van der Waals surface area (Å²) in [6, 6.07) is 12.2. The van der Waals surface area contributed by atoms with E-state index in [4.69, 9.17) is 5.84 Å². The molecule has 114 valence electrons. The highest BCUT2D eigenvalue weighted by Crippen LogP contribution is 2.26. The molecule has 2 N–H and O–H groups in total. The number of nitrogens with two attached hydrogens (primary N) is 1. The quantitative estimate of drug-likeness (QED) is 0.126. The van der Waals surface area contributed by atoms with Gasteiger partial charge in [-0.3, -0.25) is 9.59 Å². The number of carbonyl (C=O) groups excluding carboxylic acids is 2. The summed E-state index contributed by atoms with van der Waals surface area (Å²) in [4.78, 5) is 26.0. The summed E-state index contributed by atoms with van der Waals surface area (Å²) in [6.45, 7) is 0. The molecule has 2 aromatic rings. The number of quaternary nitrogens is 1. The van der Waals surface area contributed by atoms with Crippen molar-refractivity contribution in [3.8, 4) is 0 Å². The maximum atomic E-state index is 12.8. The topological polar surface area (TPSA) is 60.2 Å². The number of hydrogen-bond donors (Lipinski definition) is 1. The summed E-state index contributed by atoms with van der Waals surface area (Å²) >= 11 is 4.63. The minimum Gasteiger partial charge on any atom is -0.288 e. The predicted molar refractivity (Wildman–Crippen MR) is 91.7 cm³/mol. The molecule has 0 fully saturated rings. The fourth-order valence-corrected chi connectivity index (χ4v) is 2.87. The smallest absolute Gasteiger partial charge is 0.213 e. The first kappa shape index (κ1) is 16.8. The van der Waals surface area contributed by atoms with Crippen LogP contribution in [0.15, 0.2) is 58.0 Å². The van der Waals surface area contributed by atoms with Crippen molar-refractivity contribution in [2.75, 3.05) is 14.1 Å². The third-order valence-corrected chi connectivity index (χ3v) is 5.13. The molecule has 1 heterocycles. The summed E-state index contributed by atoms with van der Waals surface area (Å²) in [5, 5.41) is 1.80. The van der Waals surface area contributed by atoms with Gasteiger partial charge in [-0.25, -0.2) is 4.59 Å². The zero-order valence-electron chi connectivity index (χ0n) is 12.2. The number of allylic oxidation sites excluding steroid dienone is 1. The Kier molecular flexibility index (Phi) is 5.08.